The van der Waals surface area contributed by atoms with Gasteiger partial charge in [-0.25, -0.2) is 0 Å². The maximum absolute atomic E-state index is 9.48. The van der Waals surface area contributed by atoms with E-state index in [2.05, 4.69) is 46.4 Å². The van der Waals surface area contributed by atoms with Crippen molar-refractivity contribution in [2.45, 2.75) is 48.0 Å². The highest BCUT2D eigenvalue weighted by molar-refractivity contribution is 4.77. The lowest BCUT2D eigenvalue weighted by molar-refractivity contribution is 0.0733. The largest absolute Gasteiger partial charge is 0.396 e. The van der Waals surface area contributed by atoms with Gasteiger partial charge in [0.05, 0.1) is 0 Å². The minimum atomic E-state index is 0.0593. The van der Waals surface area contributed by atoms with E-state index in [1.165, 1.54) is 0 Å². The summed E-state index contributed by atoms with van der Waals surface area (Å²) in [6, 6.07) is 0. The maximum atomic E-state index is 9.48. The van der Waals surface area contributed by atoms with Crippen molar-refractivity contribution in [2.24, 2.45) is 17.3 Å². The van der Waals surface area contributed by atoms with E-state index >= 15 is 0 Å². The van der Waals surface area contributed by atoms with Crippen LogP contribution in [0.4, 0.5) is 0 Å². The summed E-state index contributed by atoms with van der Waals surface area (Å²) in [5.41, 5.74) is 0.0593. The Labute approximate surface area is 102 Å². The fourth-order valence-corrected chi connectivity index (χ4v) is 2.05. The number of aliphatic hydroxyl groups is 1. The van der Waals surface area contributed by atoms with Gasteiger partial charge in [-0.15, -0.1) is 0 Å². The highest BCUT2D eigenvalue weighted by atomic mass is 16.3. The molecule has 0 saturated heterocycles. The lowest BCUT2D eigenvalue weighted by Crippen LogP contribution is -2.41. The van der Waals surface area contributed by atoms with Gasteiger partial charge in [0, 0.05) is 31.7 Å². The molecule has 0 aliphatic carbocycles. The SMILES string of the molecule is CCC(C)(CO)CN(CC(C)C)CC(C)C. The van der Waals surface area contributed by atoms with Crippen LogP contribution in [-0.2, 0) is 0 Å². The molecule has 2 nitrogen and oxygen atoms in total. The molecule has 1 unspecified atom stereocenters. The molecule has 0 spiro atoms. The highest BCUT2D eigenvalue weighted by Gasteiger charge is 2.25. The molecule has 16 heavy (non-hydrogen) atoms. The van der Waals surface area contributed by atoms with Gasteiger partial charge < -0.3 is 10.0 Å². The smallest absolute Gasteiger partial charge is 0.0496 e. The first-order valence-electron chi connectivity index (χ1n) is 6.66. The van der Waals surface area contributed by atoms with E-state index in [1.807, 2.05) is 0 Å². The minimum Gasteiger partial charge on any atom is -0.396 e. The second-order valence-electron chi connectivity index (χ2n) is 6.30. The number of hydrogen-bond donors (Lipinski definition) is 1. The zero-order valence-electron chi connectivity index (χ0n) is 12.1. The van der Waals surface area contributed by atoms with Gasteiger partial charge in [0.15, 0.2) is 0 Å². The van der Waals surface area contributed by atoms with E-state index in [0.29, 0.717) is 11.8 Å². The van der Waals surface area contributed by atoms with E-state index in [0.717, 1.165) is 26.1 Å². The zero-order valence-corrected chi connectivity index (χ0v) is 12.1. The Hall–Kier alpha value is -0.0800. The Balaban J connectivity index is 4.39. The van der Waals surface area contributed by atoms with Gasteiger partial charge in [-0.2, -0.15) is 0 Å². The van der Waals surface area contributed by atoms with Crippen LogP contribution in [0.3, 0.4) is 0 Å². The Kier molecular flexibility index (Phi) is 7.25. The van der Waals surface area contributed by atoms with Crippen molar-refractivity contribution in [3.05, 3.63) is 0 Å². The molecule has 0 fully saturated rings. The molecule has 0 aliphatic heterocycles. The summed E-state index contributed by atoms with van der Waals surface area (Å²) < 4.78 is 0. The summed E-state index contributed by atoms with van der Waals surface area (Å²) in [5.74, 6) is 1.39. The van der Waals surface area contributed by atoms with Crippen LogP contribution in [0.5, 0.6) is 0 Å². The fourth-order valence-electron chi connectivity index (χ4n) is 2.05. The number of nitrogens with zero attached hydrogens (tertiary/aromatic N) is 1. The Morgan fingerprint density at radius 3 is 1.75 bits per heavy atom. The molecule has 0 bridgehead atoms. The standard InChI is InChI=1S/C14H31NO/c1-7-14(6,11-16)10-15(8-12(2)3)9-13(4)5/h12-13,16H,7-11H2,1-6H3. The summed E-state index contributed by atoms with van der Waals surface area (Å²) in [7, 11) is 0. The molecule has 1 atom stereocenters. The Morgan fingerprint density at radius 2 is 1.50 bits per heavy atom. The van der Waals surface area contributed by atoms with Gasteiger partial charge in [0.25, 0.3) is 0 Å². The van der Waals surface area contributed by atoms with Crippen LogP contribution in [0.2, 0.25) is 0 Å². The lowest BCUT2D eigenvalue weighted by Gasteiger charge is -2.35. The molecule has 0 heterocycles. The molecule has 0 aromatic carbocycles. The molecule has 0 aromatic heterocycles. The van der Waals surface area contributed by atoms with Crippen molar-refractivity contribution in [3.8, 4) is 0 Å². The molecule has 0 radical (unpaired) electrons. The van der Waals surface area contributed by atoms with Gasteiger partial charge in [-0.1, -0.05) is 41.5 Å². The van der Waals surface area contributed by atoms with Crippen LogP contribution in [0, 0.1) is 17.3 Å². The molecule has 0 aromatic rings. The molecule has 98 valence electrons. The van der Waals surface area contributed by atoms with E-state index < -0.39 is 0 Å². The van der Waals surface area contributed by atoms with E-state index in [-0.39, 0.29) is 12.0 Å². The number of hydrogen-bond acceptors (Lipinski definition) is 2. The van der Waals surface area contributed by atoms with Gasteiger partial charge in [0.2, 0.25) is 0 Å². The first kappa shape index (κ1) is 15.9. The first-order valence-corrected chi connectivity index (χ1v) is 6.66. The summed E-state index contributed by atoms with van der Waals surface area (Å²) in [6.07, 6.45) is 1.04. The van der Waals surface area contributed by atoms with Crippen LogP contribution in [0.1, 0.15) is 48.0 Å². The second-order valence-corrected chi connectivity index (χ2v) is 6.30. The van der Waals surface area contributed by atoms with Crippen molar-refractivity contribution < 1.29 is 5.11 Å². The Morgan fingerprint density at radius 1 is 1.06 bits per heavy atom. The highest BCUT2D eigenvalue weighted by Crippen LogP contribution is 2.22. The molecular formula is C14H31NO. The third-order valence-corrected chi connectivity index (χ3v) is 3.09. The van der Waals surface area contributed by atoms with E-state index in [1.54, 1.807) is 0 Å². The maximum Gasteiger partial charge on any atom is 0.0496 e. The minimum absolute atomic E-state index is 0.0593. The van der Waals surface area contributed by atoms with Gasteiger partial charge in [-0.3, -0.25) is 0 Å². The zero-order chi connectivity index (χ0) is 12.8. The fraction of sp³-hybridized carbons (Fsp3) is 1.00. The van der Waals surface area contributed by atoms with Crippen LogP contribution in [0.15, 0.2) is 0 Å². The van der Waals surface area contributed by atoms with Gasteiger partial charge in [-0.05, 0) is 18.3 Å². The van der Waals surface area contributed by atoms with Crippen LogP contribution < -0.4 is 0 Å². The van der Waals surface area contributed by atoms with E-state index in [9.17, 15) is 5.11 Å². The third-order valence-electron chi connectivity index (χ3n) is 3.09. The van der Waals surface area contributed by atoms with Crippen molar-refractivity contribution in [3.63, 3.8) is 0 Å². The van der Waals surface area contributed by atoms with Crippen LogP contribution >= 0.6 is 0 Å². The molecule has 0 rings (SSSR count). The van der Waals surface area contributed by atoms with Crippen molar-refractivity contribution in [2.75, 3.05) is 26.2 Å². The second kappa shape index (κ2) is 7.29. The quantitative estimate of drug-likeness (QED) is 0.691. The molecule has 0 aliphatic rings. The molecule has 1 N–H and O–H groups in total. The summed E-state index contributed by atoms with van der Waals surface area (Å²) in [4.78, 5) is 2.51. The van der Waals surface area contributed by atoms with Gasteiger partial charge in [0.1, 0.15) is 0 Å². The van der Waals surface area contributed by atoms with Crippen LogP contribution in [-0.4, -0.2) is 36.2 Å². The predicted molar refractivity (Wildman–Crippen MR) is 71.6 cm³/mol. The molecule has 2 heteroatoms. The number of rotatable bonds is 8. The van der Waals surface area contributed by atoms with Crippen molar-refractivity contribution in [1.82, 2.24) is 4.90 Å². The topological polar surface area (TPSA) is 23.5 Å². The monoisotopic (exact) mass is 229 g/mol. The summed E-state index contributed by atoms with van der Waals surface area (Å²) >= 11 is 0. The van der Waals surface area contributed by atoms with Crippen LogP contribution in [0.25, 0.3) is 0 Å². The summed E-state index contributed by atoms with van der Waals surface area (Å²) in [5, 5.41) is 9.48. The molecule has 0 saturated carbocycles. The van der Waals surface area contributed by atoms with E-state index in [4.69, 9.17) is 0 Å². The first-order chi connectivity index (χ1) is 7.33. The van der Waals surface area contributed by atoms with Crippen molar-refractivity contribution >= 4 is 0 Å². The van der Waals surface area contributed by atoms with Gasteiger partial charge >= 0.3 is 0 Å². The summed E-state index contributed by atoms with van der Waals surface area (Å²) in [6.45, 7) is 16.9. The average Bonchev–Trinajstić information content (AvgIpc) is 2.15. The molecule has 0 amide bonds. The number of aliphatic hydroxyl groups excluding tert-OH is 1. The Bertz CT molecular complexity index is 164. The third kappa shape index (κ3) is 6.49. The van der Waals surface area contributed by atoms with Crippen molar-refractivity contribution in [1.29, 1.82) is 0 Å². The molecular weight excluding hydrogens is 198 g/mol. The normalized spacial score (nSPS) is 16.1. The predicted octanol–water partition coefficient (Wildman–Crippen LogP) is 3.01. The lowest BCUT2D eigenvalue weighted by atomic mass is 9.87. The average molecular weight is 229 g/mol.